The van der Waals surface area contributed by atoms with Crippen molar-refractivity contribution in [1.29, 1.82) is 0 Å². The van der Waals surface area contributed by atoms with Crippen LogP contribution >= 0.6 is 0 Å². The molecule has 314 valence electrons. The molecule has 11 heteroatoms. The van der Waals surface area contributed by atoms with Gasteiger partial charge in [0.1, 0.15) is 0 Å². The summed E-state index contributed by atoms with van der Waals surface area (Å²) in [5.41, 5.74) is -3.66. The van der Waals surface area contributed by atoms with E-state index in [-0.39, 0.29) is 0 Å². The molecule has 0 aliphatic carbocycles. The summed E-state index contributed by atoms with van der Waals surface area (Å²) >= 11 is 0. The van der Waals surface area contributed by atoms with Crippen LogP contribution < -0.4 is 0 Å². The highest BCUT2D eigenvalue weighted by Gasteiger charge is 2.83. The van der Waals surface area contributed by atoms with E-state index in [9.17, 15) is 20.1 Å². The zero-order valence-electron chi connectivity index (χ0n) is 37.0. The van der Waals surface area contributed by atoms with E-state index < -0.39 is 66.3 Å². The lowest BCUT2D eigenvalue weighted by Gasteiger charge is -2.67. The number of rotatable bonds is 34. The normalized spacial score (nSPS) is 14.9. The third-order valence-electron chi connectivity index (χ3n) is 13.2. The van der Waals surface area contributed by atoms with E-state index in [4.69, 9.17) is 4.43 Å². The molecule has 0 aromatic carbocycles. The zero-order valence-corrected chi connectivity index (χ0v) is 41.0. The number of hydrogen-bond acceptors (Lipinski definition) is 4. The van der Waals surface area contributed by atoms with Gasteiger partial charge in [0.25, 0.3) is 0 Å². The van der Waals surface area contributed by atoms with Gasteiger partial charge >= 0.3 is 17.9 Å². The first kappa shape index (κ1) is 52.2. The van der Waals surface area contributed by atoms with Crippen molar-refractivity contribution < 1.29 is 34.1 Å². The van der Waals surface area contributed by atoms with Crippen LogP contribution in [0.15, 0.2) is 0 Å². The average molecular weight is 818 g/mol. The van der Waals surface area contributed by atoms with E-state index in [0.717, 1.165) is 95.2 Å². The van der Waals surface area contributed by atoms with Crippen molar-refractivity contribution in [2.75, 3.05) is 0 Å². The fraction of sp³-hybridized carbons (Fsp3) is 0.929. The Hall–Kier alpha value is -0.762. The zero-order chi connectivity index (χ0) is 41.0. The summed E-state index contributed by atoms with van der Waals surface area (Å²) in [6, 6.07) is 8.41. The molecule has 53 heavy (non-hydrogen) atoms. The number of aliphatic carboxylic acids is 3. The first-order chi connectivity index (χ1) is 25.1. The Morgan fingerprint density at radius 3 is 0.887 bits per heavy atom. The van der Waals surface area contributed by atoms with Crippen molar-refractivity contribution in [3.05, 3.63) is 0 Å². The first-order valence-electron chi connectivity index (χ1n) is 22.5. The second kappa shape index (κ2) is 24.8. The van der Waals surface area contributed by atoms with Crippen LogP contribution in [0.4, 0.5) is 0 Å². The van der Waals surface area contributed by atoms with Gasteiger partial charge in [-0.05, 0) is 18.1 Å². The molecule has 0 heterocycles. The number of carbonyl (C=O) groups is 3. The molecule has 0 aromatic rings. The second-order valence-electron chi connectivity index (χ2n) is 17.1. The van der Waals surface area contributed by atoms with E-state index in [0.29, 0.717) is 54.4 Å². The predicted octanol–water partition coefficient (Wildman–Crippen LogP) is 13.9. The molecule has 0 aliphatic rings. The van der Waals surface area contributed by atoms with Crippen molar-refractivity contribution >= 4 is 50.4 Å². The molecule has 2 unspecified atom stereocenters. The highest BCUT2D eigenvalue weighted by atomic mass is 28.4. The summed E-state index contributed by atoms with van der Waals surface area (Å²) in [6.45, 7) is 25.6. The SMILES string of the molecule is CCC[Si](CCC)(CCC)OC(C(=O)O)(C(C(=O)O)[Si](CCC)(CCC)CCC)C(C(=O)O)([Si](CCC)(CCC)CCC)[Si](CCC)(CCC)CCC. The van der Waals surface area contributed by atoms with Gasteiger partial charge in [0, 0.05) is 0 Å². The molecular weight excluding hydrogens is 729 g/mol. The van der Waals surface area contributed by atoms with E-state index in [1.807, 2.05) is 0 Å². The predicted molar refractivity (Wildman–Crippen MR) is 237 cm³/mol. The molecule has 7 nitrogen and oxygen atoms in total. The smallest absolute Gasteiger partial charge is 0.336 e. The lowest BCUT2D eigenvalue weighted by Crippen LogP contribution is -2.81. The molecule has 0 rings (SSSR count). The van der Waals surface area contributed by atoms with Gasteiger partial charge in [-0.1, -0.05) is 215 Å². The molecule has 0 saturated carbocycles. The number of carboxylic acids is 3. The molecule has 0 radical (unpaired) electrons. The maximum atomic E-state index is 15.8. The van der Waals surface area contributed by atoms with Gasteiger partial charge in [-0.15, -0.1) is 0 Å². The summed E-state index contributed by atoms with van der Waals surface area (Å²) in [6.07, 6.45) is 9.33. The van der Waals surface area contributed by atoms with E-state index in [2.05, 4.69) is 83.1 Å². The van der Waals surface area contributed by atoms with E-state index >= 15 is 9.59 Å². The fourth-order valence-electron chi connectivity index (χ4n) is 12.8. The quantitative estimate of drug-likeness (QED) is 0.0553. The molecule has 0 saturated heterocycles. The van der Waals surface area contributed by atoms with Crippen molar-refractivity contribution in [3.63, 3.8) is 0 Å². The standard InChI is InChI=1S/C42H88O7Si4/c1-13-25-50(26-14-2,27-15-3)37(38(43)44)41(39(45)46,49-53(34-22-10,35-23-11)36-24-12)42(40(47)48,51(28-16-4,29-17-5)30-18-6)52(31-19-7,32-20-8)33-21-9/h37H,13-36H2,1-12H3,(H,43,44)(H,45,46)(H,47,48). The molecule has 0 amide bonds. The minimum absolute atomic E-state index is 0.678. The van der Waals surface area contributed by atoms with Gasteiger partial charge in [-0.2, -0.15) is 0 Å². The van der Waals surface area contributed by atoms with Gasteiger partial charge in [-0.25, -0.2) is 4.79 Å². The topological polar surface area (TPSA) is 121 Å². The molecule has 0 bridgehead atoms. The number of carboxylic acid groups (broad SMARTS) is 3. The van der Waals surface area contributed by atoms with Crippen molar-refractivity contribution in [2.45, 2.75) is 248 Å². The van der Waals surface area contributed by atoms with Crippen LogP contribution in [-0.2, 0) is 18.8 Å². The maximum absolute atomic E-state index is 15.8. The first-order valence-corrected chi connectivity index (χ1v) is 33.0. The van der Waals surface area contributed by atoms with E-state index in [1.165, 1.54) is 0 Å². The molecule has 3 N–H and O–H groups in total. The van der Waals surface area contributed by atoms with E-state index in [1.54, 1.807) is 0 Å². The third kappa shape index (κ3) is 10.6. The van der Waals surface area contributed by atoms with Crippen LogP contribution in [-0.4, -0.2) is 71.4 Å². The summed E-state index contributed by atoms with van der Waals surface area (Å²) in [7, 11) is -12.7. The Bertz CT molecular complexity index is 976. The molecule has 0 spiro atoms. The summed E-state index contributed by atoms with van der Waals surface area (Å²) in [4.78, 5) is 46.3. The van der Waals surface area contributed by atoms with Crippen molar-refractivity contribution in [3.8, 4) is 0 Å². The van der Waals surface area contributed by atoms with Gasteiger partial charge in [0.2, 0.25) is 0 Å². The Morgan fingerprint density at radius 2 is 0.698 bits per heavy atom. The van der Waals surface area contributed by atoms with Crippen LogP contribution in [0.25, 0.3) is 0 Å². The Balaban J connectivity index is 10.3. The minimum atomic E-state index is -3.27. The van der Waals surface area contributed by atoms with Gasteiger partial charge in [0.05, 0.1) is 34.4 Å². The summed E-state index contributed by atoms with van der Waals surface area (Å²) in [5, 5.41) is 37.8. The Morgan fingerprint density at radius 1 is 0.434 bits per heavy atom. The van der Waals surface area contributed by atoms with Gasteiger partial charge < -0.3 is 19.7 Å². The minimum Gasteiger partial charge on any atom is -0.481 e. The van der Waals surface area contributed by atoms with Crippen LogP contribution in [0.5, 0.6) is 0 Å². The largest absolute Gasteiger partial charge is 0.481 e. The fourth-order valence-corrected chi connectivity index (χ4v) is 44.0. The van der Waals surface area contributed by atoms with Crippen molar-refractivity contribution in [2.24, 2.45) is 0 Å². The maximum Gasteiger partial charge on any atom is 0.336 e. The molecule has 2 atom stereocenters. The lowest BCUT2D eigenvalue weighted by atomic mass is 9.92. The van der Waals surface area contributed by atoms with Crippen LogP contribution in [0.2, 0.25) is 82.7 Å². The molecular formula is C42H88O7Si4. The van der Waals surface area contributed by atoms with Crippen LogP contribution in [0.1, 0.15) is 160 Å². The highest BCUT2D eigenvalue weighted by molar-refractivity contribution is 7.06. The van der Waals surface area contributed by atoms with Crippen LogP contribution in [0.3, 0.4) is 0 Å². The highest BCUT2D eigenvalue weighted by Crippen LogP contribution is 2.70. The van der Waals surface area contributed by atoms with Crippen LogP contribution in [0, 0.1) is 0 Å². The number of hydrogen-bond donors (Lipinski definition) is 3. The molecule has 0 fully saturated rings. The van der Waals surface area contributed by atoms with Gasteiger partial charge in [0.15, 0.2) is 13.9 Å². The average Bonchev–Trinajstić information content (AvgIpc) is 3.06. The summed E-state index contributed by atoms with van der Waals surface area (Å²) in [5.74, 6) is -3.32. The molecule has 0 aromatic heterocycles. The Kier molecular flexibility index (Phi) is 24.4. The van der Waals surface area contributed by atoms with Gasteiger partial charge in [-0.3, -0.25) is 9.59 Å². The third-order valence-corrected chi connectivity index (χ3v) is 40.8. The summed E-state index contributed by atoms with van der Waals surface area (Å²) < 4.78 is 6.36. The molecule has 0 aliphatic heterocycles. The Labute approximate surface area is 331 Å². The monoisotopic (exact) mass is 817 g/mol. The lowest BCUT2D eigenvalue weighted by molar-refractivity contribution is -0.171. The second-order valence-corrected chi connectivity index (χ2v) is 36.1. The van der Waals surface area contributed by atoms with Crippen molar-refractivity contribution in [1.82, 2.24) is 0 Å².